The van der Waals surface area contributed by atoms with Gasteiger partial charge in [-0.15, -0.1) is 0 Å². The number of urea groups is 1. The summed E-state index contributed by atoms with van der Waals surface area (Å²) in [4.78, 5) is 24.5. The molecule has 0 saturated carbocycles. The second-order valence-electron chi connectivity index (χ2n) is 8.21. The molecule has 0 radical (unpaired) electrons. The maximum atomic E-state index is 12.4. The molecule has 4 aromatic rings. The second-order valence-corrected chi connectivity index (χ2v) is 8.21. The van der Waals surface area contributed by atoms with Gasteiger partial charge in [0.1, 0.15) is 0 Å². The summed E-state index contributed by atoms with van der Waals surface area (Å²) in [6.45, 7) is 1.69. The highest BCUT2D eigenvalue weighted by molar-refractivity contribution is 5.95. The van der Waals surface area contributed by atoms with E-state index in [9.17, 15) is 9.59 Å². The van der Waals surface area contributed by atoms with E-state index >= 15 is 0 Å². The summed E-state index contributed by atoms with van der Waals surface area (Å²) in [6.07, 6.45) is 0. The van der Waals surface area contributed by atoms with E-state index in [4.69, 9.17) is 9.84 Å². The molecule has 35 heavy (non-hydrogen) atoms. The van der Waals surface area contributed by atoms with Crippen molar-refractivity contribution in [1.29, 1.82) is 0 Å². The average molecular weight is 465 g/mol. The number of ether oxygens (including phenoxy) is 1. The second kappa shape index (κ2) is 9.30. The van der Waals surface area contributed by atoms with Gasteiger partial charge in [0.2, 0.25) is 0 Å². The van der Waals surface area contributed by atoms with Crippen molar-refractivity contribution in [3.05, 3.63) is 108 Å². The number of aromatic nitrogens is 2. The van der Waals surface area contributed by atoms with E-state index in [-0.39, 0.29) is 6.03 Å². The number of carbonyl (C=O) groups is 2. The minimum Gasteiger partial charge on any atom is -0.466 e. The van der Waals surface area contributed by atoms with Crippen molar-refractivity contribution in [3.63, 3.8) is 0 Å². The van der Waals surface area contributed by atoms with E-state index in [1.807, 2.05) is 77.5 Å². The summed E-state index contributed by atoms with van der Waals surface area (Å²) in [5, 5.41) is 10.4. The SMILES string of the molecule is COC(=O)C1=C(C)NC(=O)NC1c1ccc(-n2nc(-c3ccccc3)cc2-c2ccccc2)cc1. The zero-order valence-corrected chi connectivity index (χ0v) is 19.4. The van der Waals surface area contributed by atoms with Crippen LogP contribution in [-0.4, -0.2) is 28.9 Å². The van der Waals surface area contributed by atoms with Gasteiger partial charge in [0.05, 0.1) is 35.8 Å². The molecule has 2 amide bonds. The van der Waals surface area contributed by atoms with Gasteiger partial charge in [-0.1, -0.05) is 72.8 Å². The highest BCUT2D eigenvalue weighted by atomic mass is 16.5. The number of rotatable bonds is 5. The molecule has 5 rings (SSSR count). The van der Waals surface area contributed by atoms with Crippen molar-refractivity contribution >= 4 is 12.0 Å². The van der Waals surface area contributed by atoms with Gasteiger partial charge in [-0.25, -0.2) is 14.3 Å². The number of esters is 1. The number of carbonyl (C=O) groups excluding carboxylic acids is 2. The zero-order valence-electron chi connectivity index (χ0n) is 19.4. The Morgan fingerprint density at radius 1 is 0.914 bits per heavy atom. The predicted molar refractivity (Wildman–Crippen MR) is 134 cm³/mol. The largest absolute Gasteiger partial charge is 0.466 e. The summed E-state index contributed by atoms with van der Waals surface area (Å²) in [5.74, 6) is -0.491. The van der Waals surface area contributed by atoms with Crippen LogP contribution in [0, 0.1) is 0 Å². The van der Waals surface area contributed by atoms with E-state index in [0.29, 0.717) is 11.3 Å². The van der Waals surface area contributed by atoms with Crippen LogP contribution in [0.2, 0.25) is 0 Å². The van der Waals surface area contributed by atoms with Gasteiger partial charge >= 0.3 is 12.0 Å². The Morgan fingerprint density at radius 3 is 2.17 bits per heavy atom. The average Bonchev–Trinajstić information content (AvgIpc) is 3.35. The maximum Gasteiger partial charge on any atom is 0.337 e. The summed E-state index contributed by atoms with van der Waals surface area (Å²) in [7, 11) is 1.33. The summed E-state index contributed by atoms with van der Waals surface area (Å²) >= 11 is 0. The summed E-state index contributed by atoms with van der Waals surface area (Å²) in [5.41, 5.74) is 6.36. The molecular formula is C28H24N4O3. The molecule has 3 aromatic carbocycles. The molecule has 1 aliphatic rings. The molecule has 0 aliphatic carbocycles. The molecule has 7 heteroatoms. The molecule has 1 aliphatic heterocycles. The highest BCUT2D eigenvalue weighted by Gasteiger charge is 2.31. The van der Waals surface area contributed by atoms with E-state index in [0.717, 1.165) is 33.8 Å². The molecule has 1 aromatic heterocycles. The lowest BCUT2D eigenvalue weighted by Gasteiger charge is -2.28. The first kappa shape index (κ1) is 22.2. The van der Waals surface area contributed by atoms with Crippen molar-refractivity contribution < 1.29 is 14.3 Å². The fourth-order valence-corrected chi connectivity index (χ4v) is 4.27. The van der Waals surface area contributed by atoms with Crippen LogP contribution in [0.3, 0.4) is 0 Å². The molecule has 0 saturated heterocycles. The van der Waals surface area contributed by atoms with Crippen molar-refractivity contribution in [2.75, 3.05) is 7.11 Å². The number of hydrogen-bond acceptors (Lipinski definition) is 4. The van der Waals surface area contributed by atoms with E-state index in [1.54, 1.807) is 6.92 Å². The van der Waals surface area contributed by atoms with E-state index < -0.39 is 12.0 Å². The lowest BCUT2D eigenvalue weighted by Crippen LogP contribution is -2.45. The van der Waals surface area contributed by atoms with Crippen LogP contribution in [0.4, 0.5) is 4.79 Å². The maximum absolute atomic E-state index is 12.4. The quantitative estimate of drug-likeness (QED) is 0.407. The smallest absolute Gasteiger partial charge is 0.337 e. The molecule has 0 spiro atoms. The first-order chi connectivity index (χ1) is 17.0. The molecule has 0 fully saturated rings. The Bertz CT molecular complexity index is 1410. The standard InChI is InChI=1S/C28H24N4O3/c1-18-25(27(33)35-2)26(30-28(34)29-18)21-13-15-22(16-14-21)32-24(20-11-7-4-8-12-20)17-23(31-32)19-9-5-3-6-10-19/h3-17,26H,1-2H3,(H2,29,30,34). The van der Waals surface area contributed by atoms with E-state index in [2.05, 4.69) is 28.8 Å². The van der Waals surface area contributed by atoms with Gasteiger partial charge in [-0.3, -0.25) is 0 Å². The van der Waals surface area contributed by atoms with Crippen LogP contribution in [0.1, 0.15) is 18.5 Å². The van der Waals surface area contributed by atoms with Crippen molar-refractivity contribution in [2.45, 2.75) is 13.0 Å². The third-order valence-corrected chi connectivity index (χ3v) is 5.99. The third-order valence-electron chi connectivity index (χ3n) is 5.99. The predicted octanol–water partition coefficient (Wildman–Crippen LogP) is 5.01. The number of hydrogen-bond donors (Lipinski definition) is 2. The first-order valence-corrected chi connectivity index (χ1v) is 11.2. The fourth-order valence-electron chi connectivity index (χ4n) is 4.27. The van der Waals surface area contributed by atoms with Crippen molar-refractivity contribution in [3.8, 4) is 28.2 Å². The van der Waals surface area contributed by atoms with Gasteiger partial charge in [-0.05, 0) is 30.7 Å². The third kappa shape index (κ3) is 4.31. The minimum absolute atomic E-state index is 0.366. The molecule has 1 atom stereocenters. The monoisotopic (exact) mass is 464 g/mol. The van der Waals surface area contributed by atoms with Crippen LogP contribution >= 0.6 is 0 Å². The normalized spacial score (nSPS) is 15.4. The Labute approximate surface area is 203 Å². The van der Waals surface area contributed by atoms with Gasteiger partial charge in [0, 0.05) is 16.8 Å². The number of methoxy groups -OCH3 is 1. The fraction of sp³-hybridized carbons (Fsp3) is 0.107. The summed E-state index contributed by atoms with van der Waals surface area (Å²) < 4.78 is 6.85. The molecule has 2 N–H and O–H groups in total. The van der Waals surface area contributed by atoms with Crippen molar-refractivity contribution in [1.82, 2.24) is 20.4 Å². The van der Waals surface area contributed by atoms with Crippen LogP contribution in [-0.2, 0) is 9.53 Å². The number of benzene rings is 3. The number of nitrogens with one attached hydrogen (secondary N) is 2. The van der Waals surface area contributed by atoms with Gasteiger partial charge in [-0.2, -0.15) is 5.10 Å². The minimum atomic E-state index is -0.614. The number of allylic oxidation sites excluding steroid dienone is 1. The lowest BCUT2D eigenvalue weighted by molar-refractivity contribution is -0.136. The van der Waals surface area contributed by atoms with Gasteiger partial charge < -0.3 is 15.4 Å². The lowest BCUT2D eigenvalue weighted by atomic mass is 9.95. The number of amides is 2. The molecular weight excluding hydrogens is 440 g/mol. The molecule has 2 heterocycles. The summed E-state index contributed by atoms with van der Waals surface area (Å²) in [6, 6.07) is 28.9. The first-order valence-electron chi connectivity index (χ1n) is 11.2. The van der Waals surface area contributed by atoms with Gasteiger partial charge in [0.25, 0.3) is 0 Å². The molecule has 0 bridgehead atoms. The zero-order chi connectivity index (χ0) is 24.4. The van der Waals surface area contributed by atoms with Crippen LogP contribution in [0.5, 0.6) is 0 Å². The molecule has 1 unspecified atom stereocenters. The Morgan fingerprint density at radius 2 is 1.54 bits per heavy atom. The number of nitrogens with zero attached hydrogens (tertiary/aromatic N) is 2. The highest BCUT2D eigenvalue weighted by Crippen LogP contribution is 2.31. The molecule has 174 valence electrons. The van der Waals surface area contributed by atoms with Gasteiger partial charge in [0.15, 0.2) is 0 Å². The Hall–Kier alpha value is -4.65. The Balaban J connectivity index is 1.56. The van der Waals surface area contributed by atoms with Crippen LogP contribution in [0.15, 0.2) is 102 Å². The topological polar surface area (TPSA) is 85.2 Å². The molecule has 7 nitrogen and oxygen atoms in total. The van der Waals surface area contributed by atoms with Crippen molar-refractivity contribution in [2.24, 2.45) is 0 Å². The van der Waals surface area contributed by atoms with E-state index in [1.165, 1.54) is 7.11 Å². The van der Waals surface area contributed by atoms with Crippen LogP contribution in [0.25, 0.3) is 28.2 Å². The Kier molecular flexibility index (Phi) is 5.89. The van der Waals surface area contributed by atoms with Crippen LogP contribution < -0.4 is 10.6 Å².